The zero-order valence-electron chi connectivity index (χ0n) is 7.65. The number of rotatable bonds is 1. The second-order valence-electron chi connectivity index (χ2n) is 3.40. The lowest BCUT2D eigenvalue weighted by atomic mass is 10.3. The highest BCUT2D eigenvalue weighted by molar-refractivity contribution is 8.13. The van der Waals surface area contributed by atoms with Crippen LogP contribution in [0.25, 0.3) is 0 Å². The lowest BCUT2D eigenvalue weighted by molar-refractivity contribution is -0.569. The van der Waals surface area contributed by atoms with Crippen LogP contribution >= 0.6 is 11.8 Å². The van der Waals surface area contributed by atoms with Crippen molar-refractivity contribution in [3.63, 3.8) is 0 Å². The molecular formula is C7H13ClN2O2S2. The summed E-state index contributed by atoms with van der Waals surface area (Å²) < 4.78 is 22.3. The molecule has 82 valence electrons. The molecule has 2 N–H and O–H groups in total. The molecule has 0 spiro atoms. The molecule has 14 heavy (non-hydrogen) atoms. The topological polar surface area (TPSA) is 63.1 Å². The smallest absolute Gasteiger partial charge is 0.256 e. The number of hydrogen-bond donors (Lipinski definition) is 1. The van der Waals surface area contributed by atoms with Gasteiger partial charge in [0.25, 0.3) is 5.17 Å². The van der Waals surface area contributed by atoms with E-state index in [1.54, 1.807) is 11.8 Å². The van der Waals surface area contributed by atoms with Crippen LogP contribution in [0.1, 0.15) is 6.42 Å². The fraction of sp³-hybridized carbons (Fsp3) is 0.857. The minimum absolute atomic E-state index is 0. The summed E-state index contributed by atoms with van der Waals surface area (Å²) >= 11 is 1.73. The Morgan fingerprint density at radius 3 is 2.79 bits per heavy atom. The van der Waals surface area contributed by atoms with E-state index in [-0.39, 0.29) is 18.4 Å². The zero-order valence-corrected chi connectivity index (χ0v) is 10.0. The maximum Gasteiger partial charge on any atom is 0.256 e. The van der Waals surface area contributed by atoms with Gasteiger partial charge in [0, 0.05) is 12.2 Å². The molecule has 4 nitrogen and oxygen atoms in total. The molecule has 1 unspecified atom stereocenters. The second-order valence-corrected chi connectivity index (χ2v) is 6.74. The van der Waals surface area contributed by atoms with E-state index in [9.17, 15) is 8.42 Å². The number of nitrogens with two attached hydrogens (primary N) is 1. The fourth-order valence-corrected chi connectivity index (χ4v) is 4.22. The summed E-state index contributed by atoms with van der Waals surface area (Å²) in [5.74, 6) is 1.73. The number of sulfone groups is 1. The minimum Gasteiger partial charge on any atom is -1.00 e. The van der Waals surface area contributed by atoms with Gasteiger partial charge in [-0.3, -0.25) is 5.32 Å². The van der Waals surface area contributed by atoms with Crippen molar-refractivity contribution in [1.82, 2.24) is 0 Å². The highest BCUT2D eigenvalue weighted by Gasteiger charge is 2.32. The Labute approximate surface area is 94.3 Å². The summed E-state index contributed by atoms with van der Waals surface area (Å²) in [7, 11) is -2.73. The van der Waals surface area contributed by atoms with Gasteiger partial charge in [-0.05, 0) is 11.8 Å². The first-order valence-corrected chi connectivity index (χ1v) is 7.19. The van der Waals surface area contributed by atoms with Gasteiger partial charge in [0.1, 0.15) is 11.8 Å². The van der Waals surface area contributed by atoms with Crippen molar-refractivity contribution in [3.8, 4) is 0 Å². The summed E-state index contributed by atoms with van der Waals surface area (Å²) in [5.41, 5.74) is 0. The van der Waals surface area contributed by atoms with Gasteiger partial charge >= 0.3 is 0 Å². The van der Waals surface area contributed by atoms with Crippen molar-refractivity contribution in [1.29, 1.82) is 0 Å². The summed E-state index contributed by atoms with van der Waals surface area (Å²) in [4.78, 5) is 4.28. The van der Waals surface area contributed by atoms with Crippen molar-refractivity contribution < 1.29 is 26.1 Å². The van der Waals surface area contributed by atoms with Crippen LogP contribution in [0.5, 0.6) is 0 Å². The Kier molecular flexibility index (Phi) is 4.24. The number of aliphatic imine (C=N–C) groups is 1. The Bertz CT molecular complexity index is 329. The average molecular weight is 257 g/mol. The predicted octanol–water partition coefficient (Wildman–Crippen LogP) is -4.16. The van der Waals surface area contributed by atoms with E-state index < -0.39 is 9.84 Å². The first-order valence-electron chi connectivity index (χ1n) is 4.38. The second kappa shape index (κ2) is 4.83. The lowest BCUT2D eigenvalue weighted by Gasteiger charge is -2.04. The van der Waals surface area contributed by atoms with E-state index in [4.69, 9.17) is 0 Å². The molecule has 7 heteroatoms. The molecule has 2 rings (SSSR count). The quantitative estimate of drug-likeness (QED) is 0.518. The van der Waals surface area contributed by atoms with E-state index in [2.05, 4.69) is 4.99 Å². The maximum absolute atomic E-state index is 11.1. The molecule has 0 bridgehead atoms. The van der Waals surface area contributed by atoms with Crippen LogP contribution in [-0.2, 0) is 9.84 Å². The molecule has 0 aromatic carbocycles. The van der Waals surface area contributed by atoms with Gasteiger partial charge in [-0.2, -0.15) is 0 Å². The standard InChI is InChI=1S/C7H12N2O2S2.ClH/c10-13(11)4-1-6(5-13)9-7-8-2-3-12-7;/h6H,1-5H2,(H,8,9);1H. The Balaban J connectivity index is 0.000000980. The van der Waals surface area contributed by atoms with E-state index in [1.165, 1.54) is 0 Å². The highest BCUT2D eigenvalue weighted by Crippen LogP contribution is 2.10. The molecular weight excluding hydrogens is 244 g/mol. The van der Waals surface area contributed by atoms with E-state index >= 15 is 0 Å². The summed E-state index contributed by atoms with van der Waals surface area (Å²) in [6, 6.07) is 0.217. The summed E-state index contributed by atoms with van der Waals surface area (Å²) in [6.45, 7) is 0.885. The molecule has 2 aliphatic rings. The first-order chi connectivity index (χ1) is 6.16. The van der Waals surface area contributed by atoms with Crippen molar-refractivity contribution in [2.24, 2.45) is 4.99 Å². The lowest BCUT2D eigenvalue weighted by Crippen LogP contribution is -3.00. The third-order valence-electron chi connectivity index (χ3n) is 2.25. The number of quaternary nitrogens is 1. The predicted molar refractivity (Wildman–Crippen MR) is 53.7 cm³/mol. The zero-order chi connectivity index (χ0) is 9.31. The fourth-order valence-electron chi connectivity index (χ4n) is 1.61. The van der Waals surface area contributed by atoms with E-state index in [0.29, 0.717) is 11.5 Å². The van der Waals surface area contributed by atoms with Gasteiger partial charge < -0.3 is 12.4 Å². The summed E-state index contributed by atoms with van der Waals surface area (Å²) in [6.07, 6.45) is 0.780. The Hall–Kier alpha value is 0.220. The van der Waals surface area contributed by atoms with Crippen LogP contribution < -0.4 is 17.7 Å². The highest BCUT2D eigenvalue weighted by atomic mass is 35.5. The van der Waals surface area contributed by atoms with Crippen molar-refractivity contribution in [2.45, 2.75) is 12.5 Å². The third kappa shape index (κ3) is 3.12. The van der Waals surface area contributed by atoms with Crippen molar-refractivity contribution in [2.75, 3.05) is 23.8 Å². The number of thioether (sulfide) groups is 1. The molecule has 0 radical (unpaired) electrons. The van der Waals surface area contributed by atoms with Gasteiger partial charge in [-0.15, -0.1) is 0 Å². The first kappa shape index (κ1) is 12.3. The van der Waals surface area contributed by atoms with Gasteiger partial charge in [-0.25, -0.2) is 13.4 Å². The molecule has 1 atom stereocenters. The van der Waals surface area contributed by atoms with Crippen LogP contribution in [0.4, 0.5) is 0 Å². The van der Waals surface area contributed by atoms with Gasteiger partial charge in [-0.1, -0.05) is 0 Å². The largest absolute Gasteiger partial charge is 1.00 e. The third-order valence-corrected chi connectivity index (χ3v) is 5.00. The number of amidine groups is 1. The molecule has 1 saturated heterocycles. The summed E-state index contributed by atoms with van der Waals surface area (Å²) in [5, 5.41) is 3.07. The van der Waals surface area contributed by atoms with Crippen molar-refractivity contribution >= 4 is 26.8 Å². The molecule has 0 saturated carbocycles. The molecule has 1 fully saturated rings. The molecule has 0 aromatic heterocycles. The number of halogens is 1. The number of hydrogen-bond acceptors (Lipinski definition) is 4. The molecule has 2 heterocycles. The van der Waals surface area contributed by atoms with Crippen LogP contribution in [0.15, 0.2) is 4.99 Å². The Morgan fingerprint density at radius 2 is 2.29 bits per heavy atom. The van der Waals surface area contributed by atoms with Gasteiger partial charge in [0.05, 0.1) is 12.3 Å². The normalized spacial score (nSPS) is 29.7. The molecule has 2 aliphatic heterocycles. The molecule has 0 aliphatic carbocycles. The molecule has 0 amide bonds. The SMILES string of the molecule is O=S1(=O)CCC([NH2+]C2=NCCS2)C1.[Cl-]. The number of nitrogens with zero attached hydrogens (tertiary/aromatic N) is 1. The average Bonchev–Trinajstić information content (AvgIpc) is 2.61. The van der Waals surface area contributed by atoms with E-state index in [0.717, 1.165) is 23.9 Å². The monoisotopic (exact) mass is 256 g/mol. The van der Waals surface area contributed by atoms with Gasteiger partial charge in [0.2, 0.25) is 0 Å². The molecule has 0 aromatic rings. The minimum atomic E-state index is -2.73. The maximum atomic E-state index is 11.1. The van der Waals surface area contributed by atoms with Crippen molar-refractivity contribution in [3.05, 3.63) is 0 Å². The van der Waals surface area contributed by atoms with Crippen LogP contribution in [0.3, 0.4) is 0 Å². The van der Waals surface area contributed by atoms with Crippen LogP contribution in [0.2, 0.25) is 0 Å². The van der Waals surface area contributed by atoms with Crippen LogP contribution in [0, 0.1) is 0 Å². The van der Waals surface area contributed by atoms with Gasteiger partial charge in [0.15, 0.2) is 9.84 Å². The Morgan fingerprint density at radius 1 is 1.50 bits per heavy atom. The van der Waals surface area contributed by atoms with E-state index in [1.807, 2.05) is 5.32 Å². The van der Waals surface area contributed by atoms with Crippen LogP contribution in [-0.4, -0.2) is 43.4 Å².